The maximum Gasteiger partial charge on any atom is 0.357 e. The second kappa shape index (κ2) is 10.6. The lowest BCUT2D eigenvalue weighted by molar-refractivity contribution is -0.109. The van der Waals surface area contributed by atoms with E-state index >= 15 is 0 Å². The molecule has 1 amide bonds. The second-order valence-electron chi connectivity index (χ2n) is 7.84. The van der Waals surface area contributed by atoms with Gasteiger partial charge >= 0.3 is 5.97 Å². The largest absolute Gasteiger partial charge is 0.497 e. The highest BCUT2D eigenvalue weighted by atomic mass is 16.5. The Bertz CT molecular complexity index is 1140. The minimum absolute atomic E-state index is 0.0423. The Labute approximate surface area is 191 Å². The molecule has 0 bridgehead atoms. The van der Waals surface area contributed by atoms with Crippen LogP contribution in [0.2, 0.25) is 0 Å². The molecule has 0 spiro atoms. The Morgan fingerprint density at radius 1 is 1.21 bits per heavy atom. The average Bonchev–Trinajstić information content (AvgIpc) is 3.17. The number of hydrogen-bond donors (Lipinski definition) is 2. The van der Waals surface area contributed by atoms with E-state index in [0.29, 0.717) is 48.8 Å². The number of methoxy groups -OCH3 is 1. The van der Waals surface area contributed by atoms with E-state index in [9.17, 15) is 19.5 Å². The van der Waals surface area contributed by atoms with E-state index in [-0.39, 0.29) is 17.4 Å². The summed E-state index contributed by atoms with van der Waals surface area (Å²) >= 11 is 0. The molecule has 33 heavy (non-hydrogen) atoms. The zero-order chi connectivity index (χ0) is 24.0. The lowest BCUT2D eigenvalue weighted by Crippen LogP contribution is -2.27. The molecule has 0 aliphatic carbocycles. The molecule has 3 rings (SSSR count). The van der Waals surface area contributed by atoms with Crippen molar-refractivity contribution in [2.75, 3.05) is 32.1 Å². The Morgan fingerprint density at radius 2 is 1.94 bits per heavy atom. The molecule has 1 unspecified atom stereocenters. The third-order valence-corrected chi connectivity index (χ3v) is 5.76. The molecule has 1 aromatic heterocycles. The molecule has 0 aliphatic heterocycles. The van der Waals surface area contributed by atoms with E-state index in [0.717, 1.165) is 11.4 Å². The molecule has 0 fully saturated rings. The summed E-state index contributed by atoms with van der Waals surface area (Å²) in [6.45, 7) is 1.03. The first-order chi connectivity index (χ1) is 15.8. The van der Waals surface area contributed by atoms with Crippen molar-refractivity contribution in [3.63, 3.8) is 0 Å². The van der Waals surface area contributed by atoms with Gasteiger partial charge in [-0.1, -0.05) is 6.07 Å². The number of fused-ring (bicyclic) bond motifs is 1. The normalized spacial score (nSPS) is 11.7. The number of nitrogens with one attached hydrogen (secondary N) is 1. The fourth-order valence-corrected chi connectivity index (χ4v) is 3.84. The summed E-state index contributed by atoms with van der Waals surface area (Å²) in [4.78, 5) is 37.5. The minimum atomic E-state index is -1.11. The van der Waals surface area contributed by atoms with Crippen LogP contribution in [0.3, 0.4) is 0 Å². The molecule has 1 atom stereocenters. The van der Waals surface area contributed by atoms with Gasteiger partial charge in [0, 0.05) is 49.7 Å². The van der Waals surface area contributed by atoms with Crippen molar-refractivity contribution in [3.05, 3.63) is 53.7 Å². The number of ketones is 1. The quantitative estimate of drug-likeness (QED) is 0.247. The van der Waals surface area contributed by atoms with Gasteiger partial charge in [-0.15, -0.1) is 0 Å². The number of carboxylic acids is 1. The van der Waals surface area contributed by atoms with E-state index in [1.54, 1.807) is 32.4 Å². The molecular formula is C24H28N4O5. The molecule has 2 aromatic carbocycles. The van der Waals surface area contributed by atoms with Crippen LogP contribution in [-0.2, 0) is 11.8 Å². The number of amides is 1. The third-order valence-electron chi connectivity index (χ3n) is 5.76. The van der Waals surface area contributed by atoms with Gasteiger partial charge in [-0.05, 0) is 49.2 Å². The number of carboxylic acid groups (broad SMARTS) is 1. The van der Waals surface area contributed by atoms with Crippen molar-refractivity contribution in [1.29, 1.82) is 0 Å². The summed E-state index contributed by atoms with van der Waals surface area (Å²) in [6, 6.07) is 12.6. The molecule has 0 saturated heterocycles. The molecular weight excluding hydrogens is 424 g/mol. The SMILES string of the molecule is COc1ccc(N(C)CCC(CCNC=O)C(=O)c2ccc3c(C(=O)O)nn(C)c3c2)cc1. The van der Waals surface area contributed by atoms with E-state index in [1.807, 2.05) is 31.3 Å². The summed E-state index contributed by atoms with van der Waals surface area (Å²) in [5.41, 5.74) is 2.04. The van der Waals surface area contributed by atoms with Gasteiger partial charge < -0.3 is 20.1 Å². The summed E-state index contributed by atoms with van der Waals surface area (Å²) in [5, 5.41) is 16.5. The molecule has 174 valence electrons. The van der Waals surface area contributed by atoms with Crippen LogP contribution in [0.25, 0.3) is 10.9 Å². The Morgan fingerprint density at radius 3 is 2.58 bits per heavy atom. The lowest BCUT2D eigenvalue weighted by atomic mass is 9.91. The number of carbonyl (C=O) groups excluding carboxylic acids is 2. The summed E-state index contributed by atoms with van der Waals surface area (Å²) in [7, 11) is 5.23. The van der Waals surface area contributed by atoms with Crippen LogP contribution >= 0.6 is 0 Å². The molecule has 1 heterocycles. The van der Waals surface area contributed by atoms with Crippen LogP contribution in [0.4, 0.5) is 5.69 Å². The lowest BCUT2D eigenvalue weighted by Gasteiger charge is -2.23. The molecule has 0 saturated carbocycles. The Balaban J connectivity index is 1.78. The van der Waals surface area contributed by atoms with E-state index in [1.165, 1.54) is 4.68 Å². The molecule has 0 aliphatic rings. The van der Waals surface area contributed by atoms with Crippen molar-refractivity contribution in [2.24, 2.45) is 13.0 Å². The molecule has 9 nitrogen and oxygen atoms in total. The van der Waals surface area contributed by atoms with Gasteiger partial charge in [-0.25, -0.2) is 4.79 Å². The number of anilines is 1. The van der Waals surface area contributed by atoms with E-state index in [2.05, 4.69) is 15.3 Å². The molecule has 0 radical (unpaired) electrons. The minimum Gasteiger partial charge on any atom is -0.497 e. The first kappa shape index (κ1) is 23.8. The maximum absolute atomic E-state index is 13.4. The van der Waals surface area contributed by atoms with Gasteiger partial charge in [0.05, 0.1) is 12.6 Å². The fourth-order valence-electron chi connectivity index (χ4n) is 3.84. The van der Waals surface area contributed by atoms with Gasteiger partial charge in [-0.3, -0.25) is 14.3 Å². The number of benzene rings is 2. The predicted molar refractivity (Wildman–Crippen MR) is 125 cm³/mol. The van der Waals surface area contributed by atoms with Gasteiger partial charge in [-0.2, -0.15) is 5.10 Å². The number of Topliss-reactive ketones (excluding diaryl/α,β-unsaturated/α-hetero) is 1. The number of hydrogen-bond acceptors (Lipinski definition) is 6. The van der Waals surface area contributed by atoms with Crippen LogP contribution in [0.15, 0.2) is 42.5 Å². The average molecular weight is 453 g/mol. The topological polar surface area (TPSA) is 114 Å². The monoisotopic (exact) mass is 452 g/mol. The van der Waals surface area contributed by atoms with Crippen molar-refractivity contribution in [2.45, 2.75) is 12.8 Å². The van der Waals surface area contributed by atoms with Crippen molar-refractivity contribution < 1.29 is 24.2 Å². The third kappa shape index (κ3) is 5.49. The first-order valence-electron chi connectivity index (χ1n) is 10.6. The van der Waals surface area contributed by atoms with Crippen molar-refractivity contribution >= 4 is 34.8 Å². The Kier molecular flexibility index (Phi) is 7.66. The van der Waals surface area contributed by atoms with Gasteiger partial charge in [0.25, 0.3) is 0 Å². The standard InChI is InChI=1S/C24H28N4O5/c1-27(18-5-7-19(33-3)8-6-18)13-11-16(10-12-25-15-29)23(30)17-4-9-20-21(14-17)28(2)26-22(20)24(31)32/h4-9,14-16H,10-13H2,1-3H3,(H,25,29)(H,31,32). The summed E-state index contributed by atoms with van der Waals surface area (Å²) in [5.74, 6) is -0.704. The number of ether oxygens (including phenoxy) is 1. The summed E-state index contributed by atoms with van der Waals surface area (Å²) in [6.07, 6.45) is 1.71. The maximum atomic E-state index is 13.4. The first-order valence-corrected chi connectivity index (χ1v) is 10.6. The Hall–Kier alpha value is -3.88. The highest BCUT2D eigenvalue weighted by Gasteiger charge is 2.23. The number of nitrogens with zero attached hydrogens (tertiary/aromatic N) is 3. The number of rotatable bonds is 12. The predicted octanol–water partition coefficient (Wildman–Crippen LogP) is 2.74. The van der Waals surface area contributed by atoms with Crippen LogP contribution in [0.1, 0.15) is 33.7 Å². The van der Waals surface area contributed by atoms with E-state index < -0.39 is 5.97 Å². The van der Waals surface area contributed by atoms with Crippen LogP contribution in [-0.4, -0.2) is 60.3 Å². The van der Waals surface area contributed by atoms with Crippen LogP contribution in [0, 0.1) is 5.92 Å². The van der Waals surface area contributed by atoms with Crippen molar-refractivity contribution in [3.8, 4) is 5.75 Å². The molecule has 3 aromatic rings. The van der Waals surface area contributed by atoms with Crippen LogP contribution < -0.4 is 15.0 Å². The number of aryl methyl sites for hydroxylation is 1. The number of carbonyl (C=O) groups is 3. The van der Waals surface area contributed by atoms with Crippen LogP contribution in [0.5, 0.6) is 5.75 Å². The molecule has 9 heteroatoms. The van der Waals surface area contributed by atoms with Gasteiger partial charge in [0.15, 0.2) is 11.5 Å². The highest BCUT2D eigenvalue weighted by molar-refractivity contribution is 6.05. The number of aromatic nitrogens is 2. The van der Waals surface area contributed by atoms with Gasteiger partial charge in [0.2, 0.25) is 6.41 Å². The highest BCUT2D eigenvalue weighted by Crippen LogP contribution is 2.24. The van der Waals surface area contributed by atoms with Gasteiger partial charge in [0.1, 0.15) is 5.75 Å². The van der Waals surface area contributed by atoms with E-state index in [4.69, 9.17) is 4.74 Å². The summed E-state index contributed by atoms with van der Waals surface area (Å²) < 4.78 is 6.67. The zero-order valence-corrected chi connectivity index (χ0v) is 18.9. The second-order valence-corrected chi connectivity index (χ2v) is 7.84. The number of aromatic carboxylic acids is 1. The smallest absolute Gasteiger partial charge is 0.357 e. The fraction of sp³-hybridized carbons (Fsp3) is 0.333. The van der Waals surface area contributed by atoms with Crippen molar-refractivity contribution in [1.82, 2.24) is 15.1 Å². The zero-order valence-electron chi connectivity index (χ0n) is 18.9. The molecule has 2 N–H and O–H groups in total.